The molecule has 0 N–H and O–H groups in total. The van der Waals surface area contributed by atoms with E-state index in [4.69, 9.17) is 16.3 Å². The fraction of sp³-hybridized carbons (Fsp3) is 0.600. The number of halogens is 2. The van der Waals surface area contributed by atoms with Gasteiger partial charge in [0.15, 0.2) is 0 Å². The summed E-state index contributed by atoms with van der Waals surface area (Å²) < 4.78 is 6.67. The number of methoxy groups -OCH3 is 1. The summed E-state index contributed by atoms with van der Waals surface area (Å²) in [5, 5.41) is 0.00569. The van der Waals surface area contributed by atoms with Crippen molar-refractivity contribution in [3.8, 4) is 5.75 Å². The number of alkyl halides is 1. The first-order valence-electron chi connectivity index (χ1n) is 6.45. The maximum absolute atomic E-state index is 6.70. The summed E-state index contributed by atoms with van der Waals surface area (Å²) in [5.74, 6) is 1.41. The molecular weight excluding hydrogens is 312 g/mol. The Labute approximate surface area is 124 Å². The van der Waals surface area contributed by atoms with E-state index in [9.17, 15) is 0 Å². The molecule has 0 aromatic heterocycles. The van der Waals surface area contributed by atoms with Gasteiger partial charge < -0.3 is 4.74 Å². The van der Waals surface area contributed by atoms with Crippen molar-refractivity contribution in [2.24, 2.45) is 5.92 Å². The third-order valence-corrected chi connectivity index (χ3v) is 5.05. The smallest absolute Gasteiger partial charge is 0.126 e. The Balaban J connectivity index is 3.37. The Hall–Kier alpha value is -0.210. The summed E-state index contributed by atoms with van der Waals surface area (Å²) in [5.41, 5.74) is 3.45. The zero-order chi connectivity index (χ0) is 13.9. The highest BCUT2D eigenvalue weighted by molar-refractivity contribution is 9.10. The molecule has 3 heteroatoms. The van der Waals surface area contributed by atoms with E-state index in [1.807, 2.05) is 0 Å². The van der Waals surface area contributed by atoms with Crippen molar-refractivity contribution in [3.63, 3.8) is 0 Å². The highest BCUT2D eigenvalue weighted by Crippen LogP contribution is 2.43. The minimum absolute atomic E-state index is 0.00569. The first-order valence-corrected chi connectivity index (χ1v) is 7.68. The van der Waals surface area contributed by atoms with Crippen molar-refractivity contribution in [2.45, 2.75) is 45.9 Å². The minimum Gasteiger partial charge on any atom is -0.496 e. The Bertz CT molecular complexity index is 413. The van der Waals surface area contributed by atoms with Crippen LogP contribution in [0.2, 0.25) is 0 Å². The second kappa shape index (κ2) is 6.81. The number of ether oxygens (including phenoxy) is 1. The largest absolute Gasteiger partial charge is 0.496 e. The molecule has 0 spiro atoms. The highest BCUT2D eigenvalue weighted by atomic mass is 79.9. The van der Waals surface area contributed by atoms with Gasteiger partial charge in [-0.2, -0.15) is 0 Å². The van der Waals surface area contributed by atoms with Crippen molar-refractivity contribution >= 4 is 27.5 Å². The van der Waals surface area contributed by atoms with Crippen LogP contribution >= 0.6 is 27.5 Å². The quantitative estimate of drug-likeness (QED) is 0.620. The fourth-order valence-electron chi connectivity index (χ4n) is 2.42. The summed E-state index contributed by atoms with van der Waals surface area (Å²) in [4.78, 5) is 0. The number of hydrogen-bond acceptors (Lipinski definition) is 1. The van der Waals surface area contributed by atoms with Gasteiger partial charge in [-0.05, 0) is 37.0 Å². The average molecular weight is 334 g/mol. The molecule has 1 nitrogen and oxygen atoms in total. The molecule has 1 aromatic rings. The van der Waals surface area contributed by atoms with Crippen LogP contribution in [0.1, 0.15) is 48.8 Å². The van der Waals surface area contributed by atoms with E-state index in [-0.39, 0.29) is 5.38 Å². The standard InChI is InChI=1S/C15H22BrClO/c1-6-11(7-2)14(17)13-10(4)12(16)8-9(3)15(13)18-5/h8,11,14H,6-7H2,1-5H3. The molecular formula is C15H22BrClO. The highest BCUT2D eigenvalue weighted by Gasteiger charge is 2.25. The molecule has 0 saturated carbocycles. The van der Waals surface area contributed by atoms with Crippen LogP contribution in [-0.4, -0.2) is 7.11 Å². The van der Waals surface area contributed by atoms with Gasteiger partial charge in [-0.25, -0.2) is 0 Å². The molecule has 0 fully saturated rings. The zero-order valence-corrected chi connectivity index (χ0v) is 14.2. The predicted octanol–water partition coefficient (Wildman–Crippen LogP) is 5.79. The first-order chi connectivity index (χ1) is 8.47. The summed E-state index contributed by atoms with van der Waals surface area (Å²) in [6.45, 7) is 8.54. The topological polar surface area (TPSA) is 9.23 Å². The fourth-order valence-corrected chi connectivity index (χ4v) is 3.59. The third-order valence-electron chi connectivity index (χ3n) is 3.65. The SMILES string of the molecule is CCC(CC)C(Cl)c1c(C)c(Br)cc(C)c1OC. The van der Waals surface area contributed by atoms with Crippen molar-refractivity contribution in [3.05, 3.63) is 27.2 Å². The number of hydrogen-bond donors (Lipinski definition) is 0. The molecule has 0 aliphatic carbocycles. The van der Waals surface area contributed by atoms with Gasteiger partial charge in [0.05, 0.1) is 12.5 Å². The molecule has 1 atom stereocenters. The van der Waals surface area contributed by atoms with E-state index in [0.717, 1.165) is 34.2 Å². The molecule has 0 heterocycles. The number of rotatable bonds is 5. The van der Waals surface area contributed by atoms with Crippen LogP contribution < -0.4 is 4.74 Å². The summed E-state index contributed by atoms with van der Waals surface area (Å²) in [7, 11) is 1.72. The lowest BCUT2D eigenvalue weighted by atomic mass is 9.90. The van der Waals surface area contributed by atoms with Crippen molar-refractivity contribution in [2.75, 3.05) is 7.11 Å². The van der Waals surface area contributed by atoms with E-state index >= 15 is 0 Å². The average Bonchev–Trinajstić information content (AvgIpc) is 2.34. The molecule has 0 amide bonds. The monoisotopic (exact) mass is 332 g/mol. The van der Waals surface area contributed by atoms with Crippen molar-refractivity contribution in [1.29, 1.82) is 0 Å². The van der Waals surface area contributed by atoms with Crippen LogP contribution in [0.5, 0.6) is 5.75 Å². The van der Waals surface area contributed by atoms with Gasteiger partial charge >= 0.3 is 0 Å². The van der Waals surface area contributed by atoms with E-state index < -0.39 is 0 Å². The number of aryl methyl sites for hydroxylation is 1. The van der Waals surface area contributed by atoms with E-state index in [0.29, 0.717) is 5.92 Å². The van der Waals surface area contributed by atoms with Gasteiger partial charge in [0.2, 0.25) is 0 Å². The Morgan fingerprint density at radius 2 is 1.83 bits per heavy atom. The van der Waals surface area contributed by atoms with Crippen LogP contribution in [0.4, 0.5) is 0 Å². The van der Waals surface area contributed by atoms with Gasteiger partial charge in [0, 0.05) is 10.0 Å². The van der Waals surface area contributed by atoms with Gasteiger partial charge in [0.1, 0.15) is 5.75 Å². The normalized spacial score (nSPS) is 12.9. The van der Waals surface area contributed by atoms with Gasteiger partial charge in [-0.15, -0.1) is 11.6 Å². The summed E-state index contributed by atoms with van der Waals surface area (Å²) >= 11 is 10.3. The molecule has 0 saturated heterocycles. The van der Waals surface area contributed by atoms with Crippen LogP contribution in [0, 0.1) is 19.8 Å². The third kappa shape index (κ3) is 3.03. The molecule has 18 heavy (non-hydrogen) atoms. The first kappa shape index (κ1) is 15.8. The lowest BCUT2D eigenvalue weighted by molar-refractivity contribution is 0.394. The van der Waals surface area contributed by atoms with Crippen molar-refractivity contribution in [1.82, 2.24) is 0 Å². The number of benzene rings is 1. The van der Waals surface area contributed by atoms with Crippen LogP contribution in [0.15, 0.2) is 10.5 Å². The van der Waals surface area contributed by atoms with E-state index in [2.05, 4.69) is 49.7 Å². The molecule has 0 bridgehead atoms. The molecule has 1 aromatic carbocycles. The molecule has 102 valence electrons. The molecule has 0 radical (unpaired) electrons. The summed E-state index contributed by atoms with van der Waals surface area (Å²) in [6, 6.07) is 2.09. The Kier molecular flexibility index (Phi) is 6.00. The predicted molar refractivity (Wildman–Crippen MR) is 82.8 cm³/mol. The van der Waals surface area contributed by atoms with Gasteiger partial charge in [-0.1, -0.05) is 42.6 Å². The summed E-state index contributed by atoms with van der Waals surface area (Å²) in [6.07, 6.45) is 2.16. The Morgan fingerprint density at radius 1 is 1.28 bits per heavy atom. The van der Waals surface area contributed by atoms with Crippen molar-refractivity contribution < 1.29 is 4.74 Å². The minimum atomic E-state index is 0.00569. The molecule has 0 aliphatic rings. The Morgan fingerprint density at radius 3 is 2.28 bits per heavy atom. The molecule has 1 unspecified atom stereocenters. The van der Waals surface area contributed by atoms with Crippen LogP contribution in [-0.2, 0) is 0 Å². The van der Waals surface area contributed by atoms with Crippen LogP contribution in [0.25, 0.3) is 0 Å². The second-order valence-corrected chi connectivity index (χ2v) is 6.05. The maximum Gasteiger partial charge on any atom is 0.126 e. The van der Waals surface area contributed by atoms with E-state index in [1.54, 1.807) is 7.11 Å². The van der Waals surface area contributed by atoms with Gasteiger partial charge in [0.25, 0.3) is 0 Å². The molecule has 0 aliphatic heterocycles. The second-order valence-electron chi connectivity index (χ2n) is 4.73. The lowest BCUT2D eigenvalue weighted by Crippen LogP contribution is -2.10. The van der Waals surface area contributed by atoms with E-state index in [1.165, 1.54) is 5.56 Å². The molecule has 1 rings (SSSR count). The van der Waals surface area contributed by atoms with Crippen LogP contribution in [0.3, 0.4) is 0 Å². The van der Waals surface area contributed by atoms with Gasteiger partial charge in [-0.3, -0.25) is 0 Å². The lowest BCUT2D eigenvalue weighted by Gasteiger charge is -2.25. The maximum atomic E-state index is 6.70. The zero-order valence-electron chi connectivity index (χ0n) is 11.8.